The highest BCUT2D eigenvalue weighted by Gasteiger charge is 2.53. The van der Waals surface area contributed by atoms with Crippen LogP contribution in [-0.2, 0) is 7.05 Å². The lowest BCUT2D eigenvalue weighted by Gasteiger charge is -2.60. The number of aromatic nitrogens is 3. The molecule has 6 rings (SSSR count). The van der Waals surface area contributed by atoms with E-state index in [9.17, 15) is 4.79 Å². The number of benzene rings is 1. The number of amides is 1. The van der Waals surface area contributed by atoms with Gasteiger partial charge in [0.1, 0.15) is 17.2 Å². The Balaban J connectivity index is 1.31. The number of fused-ring (bicyclic) bond motifs is 3. The molecule has 32 heavy (non-hydrogen) atoms. The predicted octanol–water partition coefficient (Wildman–Crippen LogP) is 4.60. The molecule has 3 fully saturated rings. The second kappa shape index (κ2) is 7.80. The number of nitrogens with one attached hydrogen (secondary N) is 2. The van der Waals surface area contributed by atoms with Crippen LogP contribution in [0.15, 0.2) is 36.5 Å². The van der Waals surface area contributed by atoms with Crippen LogP contribution in [0, 0.1) is 23.2 Å². The number of anilines is 1. The zero-order chi connectivity index (χ0) is 22.5. The molecule has 1 unspecified atom stereocenters. The van der Waals surface area contributed by atoms with E-state index in [4.69, 9.17) is 9.72 Å². The summed E-state index contributed by atoms with van der Waals surface area (Å²) in [6.45, 7) is 5.85. The number of pyridine rings is 1. The zero-order valence-corrected chi connectivity index (χ0v) is 19.2. The largest absolute Gasteiger partial charge is 0.457 e. The molecule has 7 nitrogen and oxygen atoms in total. The molecule has 0 saturated heterocycles. The van der Waals surface area contributed by atoms with Crippen LogP contribution in [0.25, 0.3) is 11.0 Å². The van der Waals surface area contributed by atoms with Crippen molar-refractivity contribution in [3.63, 3.8) is 0 Å². The Morgan fingerprint density at radius 2 is 2.03 bits per heavy atom. The first-order valence-corrected chi connectivity index (χ1v) is 11.4. The molecular formula is C25H31N5O2. The fraction of sp³-hybridized carbons (Fsp3) is 0.480. The van der Waals surface area contributed by atoms with Crippen molar-refractivity contribution in [3.8, 4) is 11.5 Å². The van der Waals surface area contributed by atoms with Gasteiger partial charge in [-0.15, -0.1) is 0 Å². The van der Waals surface area contributed by atoms with Gasteiger partial charge >= 0.3 is 0 Å². The van der Waals surface area contributed by atoms with E-state index >= 15 is 0 Å². The first kappa shape index (κ1) is 20.8. The van der Waals surface area contributed by atoms with Crippen LogP contribution in [0.1, 0.15) is 43.6 Å². The minimum absolute atomic E-state index is 0.245. The third-order valence-electron chi connectivity index (χ3n) is 7.80. The zero-order valence-electron chi connectivity index (χ0n) is 19.2. The molecule has 2 aromatic heterocycles. The van der Waals surface area contributed by atoms with Crippen molar-refractivity contribution in [2.24, 2.45) is 30.2 Å². The van der Waals surface area contributed by atoms with Crippen LogP contribution in [-0.4, -0.2) is 34.0 Å². The SMILES string of the molecule is CNC(=O)c1cc(Oc2ccc3c(c2)nc(NCC2CC[C@H]4C[C@H]2C4(C)C)n3C)ccn1. The van der Waals surface area contributed by atoms with Gasteiger partial charge in [0.25, 0.3) is 5.91 Å². The first-order chi connectivity index (χ1) is 15.4. The summed E-state index contributed by atoms with van der Waals surface area (Å²) in [5.41, 5.74) is 2.74. The number of aryl methyl sites for hydroxylation is 1. The maximum absolute atomic E-state index is 11.8. The van der Waals surface area contributed by atoms with Crippen LogP contribution >= 0.6 is 0 Å². The Labute approximate surface area is 188 Å². The Kier molecular flexibility index (Phi) is 5.07. The second-order valence-corrected chi connectivity index (χ2v) is 9.78. The van der Waals surface area contributed by atoms with E-state index in [1.807, 2.05) is 25.2 Å². The lowest BCUT2D eigenvalue weighted by Crippen LogP contribution is -2.53. The fourth-order valence-electron chi connectivity index (χ4n) is 5.69. The van der Waals surface area contributed by atoms with Gasteiger partial charge in [-0.05, 0) is 60.6 Å². The third kappa shape index (κ3) is 3.49. The fourth-order valence-corrected chi connectivity index (χ4v) is 5.69. The van der Waals surface area contributed by atoms with Gasteiger partial charge < -0.3 is 19.9 Å². The highest BCUT2D eigenvalue weighted by Crippen LogP contribution is 2.61. The van der Waals surface area contributed by atoms with E-state index in [0.29, 0.717) is 22.6 Å². The van der Waals surface area contributed by atoms with E-state index < -0.39 is 0 Å². The van der Waals surface area contributed by atoms with Crippen molar-refractivity contribution in [1.29, 1.82) is 0 Å². The van der Waals surface area contributed by atoms with E-state index in [0.717, 1.165) is 41.3 Å². The van der Waals surface area contributed by atoms with E-state index in [-0.39, 0.29) is 5.91 Å². The van der Waals surface area contributed by atoms with Gasteiger partial charge in [-0.1, -0.05) is 13.8 Å². The number of hydrogen-bond acceptors (Lipinski definition) is 5. The van der Waals surface area contributed by atoms with Gasteiger partial charge in [-0.25, -0.2) is 4.98 Å². The average molecular weight is 434 g/mol. The molecular weight excluding hydrogens is 402 g/mol. The molecule has 3 aliphatic carbocycles. The van der Waals surface area contributed by atoms with Crippen LogP contribution in [0.4, 0.5) is 5.95 Å². The smallest absolute Gasteiger partial charge is 0.269 e. The quantitative estimate of drug-likeness (QED) is 0.594. The second-order valence-electron chi connectivity index (χ2n) is 9.78. The molecule has 0 spiro atoms. The van der Waals surface area contributed by atoms with E-state index in [2.05, 4.69) is 34.0 Å². The molecule has 2 heterocycles. The molecule has 1 aromatic carbocycles. The van der Waals surface area contributed by atoms with Gasteiger partial charge in [-0.2, -0.15) is 0 Å². The van der Waals surface area contributed by atoms with Crippen molar-refractivity contribution in [1.82, 2.24) is 19.9 Å². The maximum atomic E-state index is 11.8. The van der Waals surface area contributed by atoms with Crippen LogP contribution in [0.2, 0.25) is 0 Å². The summed E-state index contributed by atoms with van der Waals surface area (Å²) >= 11 is 0. The standard InChI is InChI=1S/C25H31N5O2/c1-25(2)16-6-5-15(19(25)11-16)14-28-24-29-20-12-17(7-8-22(20)30(24)4)32-18-9-10-27-21(13-18)23(31)26-3/h7-10,12-13,15-16,19H,5-6,11,14H2,1-4H3,(H,26,31)(H,28,29)/t15?,16-,19+/m0/s1. The van der Waals surface area contributed by atoms with Gasteiger partial charge in [0.15, 0.2) is 0 Å². The number of nitrogens with zero attached hydrogens (tertiary/aromatic N) is 3. The number of ether oxygens (including phenoxy) is 1. The van der Waals surface area contributed by atoms with Crippen LogP contribution in [0.3, 0.4) is 0 Å². The normalized spacial score (nSPS) is 23.4. The lowest BCUT2D eigenvalue weighted by molar-refractivity contribution is -0.100. The average Bonchev–Trinajstić information content (AvgIpc) is 3.12. The predicted molar refractivity (Wildman–Crippen MR) is 125 cm³/mol. The minimum atomic E-state index is -0.245. The van der Waals surface area contributed by atoms with Crippen LogP contribution in [0.5, 0.6) is 11.5 Å². The van der Waals surface area contributed by atoms with Gasteiger partial charge in [0.05, 0.1) is 11.0 Å². The van der Waals surface area contributed by atoms with E-state index in [1.165, 1.54) is 19.3 Å². The molecule has 0 radical (unpaired) electrons. The number of hydrogen-bond donors (Lipinski definition) is 2. The Hall–Kier alpha value is -3.09. The summed E-state index contributed by atoms with van der Waals surface area (Å²) in [5.74, 6) is 4.34. The summed E-state index contributed by atoms with van der Waals surface area (Å²) in [7, 11) is 3.62. The number of rotatable bonds is 6. The highest BCUT2D eigenvalue weighted by atomic mass is 16.5. The summed E-state index contributed by atoms with van der Waals surface area (Å²) in [6.07, 6.45) is 5.63. The van der Waals surface area contributed by atoms with Crippen molar-refractivity contribution in [2.75, 3.05) is 18.9 Å². The Bertz CT molecular complexity index is 1170. The lowest BCUT2D eigenvalue weighted by atomic mass is 9.45. The summed E-state index contributed by atoms with van der Waals surface area (Å²) < 4.78 is 8.08. The summed E-state index contributed by atoms with van der Waals surface area (Å²) in [6, 6.07) is 9.24. The van der Waals surface area contributed by atoms with Crippen LogP contribution < -0.4 is 15.4 Å². The third-order valence-corrected chi connectivity index (χ3v) is 7.80. The van der Waals surface area contributed by atoms with Crippen molar-refractivity contribution in [3.05, 3.63) is 42.2 Å². The topological polar surface area (TPSA) is 81.1 Å². The number of imidazole rings is 1. The Morgan fingerprint density at radius 1 is 1.22 bits per heavy atom. The van der Waals surface area contributed by atoms with E-state index in [1.54, 1.807) is 25.4 Å². The molecule has 3 aromatic rings. The molecule has 0 aliphatic heterocycles. The van der Waals surface area contributed by atoms with Gasteiger partial charge in [-0.3, -0.25) is 9.78 Å². The molecule has 2 bridgehead atoms. The first-order valence-electron chi connectivity index (χ1n) is 11.4. The number of carbonyl (C=O) groups is 1. The monoisotopic (exact) mass is 433 g/mol. The van der Waals surface area contributed by atoms with Gasteiger partial charge in [0.2, 0.25) is 5.95 Å². The molecule has 2 N–H and O–H groups in total. The number of carbonyl (C=O) groups excluding carboxylic acids is 1. The molecule has 3 atom stereocenters. The molecule has 3 aliphatic rings. The summed E-state index contributed by atoms with van der Waals surface area (Å²) in [4.78, 5) is 20.7. The van der Waals surface area contributed by atoms with Crippen molar-refractivity contribution < 1.29 is 9.53 Å². The molecule has 7 heteroatoms. The maximum Gasteiger partial charge on any atom is 0.269 e. The minimum Gasteiger partial charge on any atom is -0.457 e. The molecule has 168 valence electrons. The van der Waals surface area contributed by atoms with Gasteiger partial charge in [0, 0.05) is 39.0 Å². The molecule has 1 amide bonds. The van der Waals surface area contributed by atoms with Crippen molar-refractivity contribution >= 4 is 22.9 Å². The highest BCUT2D eigenvalue weighted by molar-refractivity contribution is 5.92. The molecule has 3 saturated carbocycles. The van der Waals surface area contributed by atoms with Crippen molar-refractivity contribution in [2.45, 2.75) is 33.1 Å². The Morgan fingerprint density at radius 3 is 2.78 bits per heavy atom. The summed E-state index contributed by atoms with van der Waals surface area (Å²) in [5, 5.41) is 6.19.